The first kappa shape index (κ1) is 9.66. The van der Waals surface area contributed by atoms with Crippen molar-refractivity contribution in [1.82, 2.24) is 9.55 Å². The molecule has 4 nitrogen and oxygen atoms in total. The molecule has 2 heterocycles. The molecule has 0 aliphatic carbocycles. The van der Waals surface area contributed by atoms with Gasteiger partial charge in [0.1, 0.15) is 17.7 Å². The summed E-state index contributed by atoms with van der Waals surface area (Å²) in [7, 11) is 1.64. The van der Waals surface area contributed by atoms with Crippen molar-refractivity contribution in [1.29, 1.82) is 0 Å². The predicted molar refractivity (Wildman–Crippen MR) is 60.5 cm³/mol. The van der Waals surface area contributed by atoms with Crippen LogP contribution in [0.2, 0.25) is 0 Å². The van der Waals surface area contributed by atoms with Crippen LogP contribution in [-0.4, -0.2) is 21.8 Å². The lowest BCUT2D eigenvalue weighted by atomic mass is 10.1. The monoisotopic (exact) mass is 218 g/mol. The van der Waals surface area contributed by atoms with Crippen LogP contribution >= 0.6 is 0 Å². The third-order valence-electron chi connectivity index (χ3n) is 3.14. The number of ether oxygens (including phenoxy) is 1. The molecule has 3 rings (SSSR count). The molecule has 1 aliphatic heterocycles. The molecule has 0 saturated carbocycles. The molecule has 0 fully saturated rings. The van der Waals surface area contributed by atoms with Gasteiger partial charge in [0.05, 0.1) is 18.1 Å². The van der Waals surface area contributed by atoms with Crippen LogP contribution in [0.5, 0.6) is 5.75 Å². The minimum absolute atomic E-state index is 0.424. The zero-order valence-electron chi connectivity index (χ0n) is 9.18. The van der Waals surface area contributed by atoms with Crippen LogP contribution in [-0.2, 0) is 6.54 Å². The van der Waals surface area contributed by atoms with E-state index in [0.717, 1.165) is 42.0 Å². The third kappa shape index (κ3) is 1.30. The van der Waals surface area contributed by atoms with E-state index in [1.54, 1.807) is 7.11 Å². The summed E-state index contributed by atoms with van der Waals surface area (Å²) in [4.78, 5) is 4.48. The van der Waals surface area contributed by atoms with Crippen LogP contribution in [0.15, 0.2) is 18.2 Å². The number of aryl methyl sites for hydroxylation is 1. The largest absolute Gasteiger partial charge is 0.497 e. The Kier molecular flexibility index (Phi) is 2.11. The van der Waals surface area contributed by atoms with Gasteiger partial charge in [0.25, 0.3) is 0 Å². The second-order valence-electron chi connectivity index (χ2n) is 4.13. The average molecular weight is 218 g/mol. The number of rotatable bonds is 1. The highest BCUT2D eigenvalue weighted by Gasteiger charge is 2.22. The Hall–Kier alpha value is -1.55. The number of hydrogen-bond donors (Lipinski definition) is 1. The molecule has 1 aromatic heterocycles. The predicted octanol–water partition coefficient (Wildman–Crippen LogP) is 1.87. The summed E-state index contributed by atoms with van der Waals surface area (Å²) in [6.45, 7) is 0.940. The fourth-order valence-corrected chi connectivity index (χ4v) is 2.32. The van der Waals surface area contributed by atoms with Crippen molar-refractivity contribution in [2.45, 2.75) is 25.5 Å². The standard InChI is InChI=1S/C12H14N2O2/c1-16-8-4-5-10-9(7-8)13-12-11(15)3-2-6-14(10)12/h4-5,7,11,15H,2-3,6H2,1H3. The summed E-state index contributed by atoms with van der Waals surface area (Å²) in [5, 5.41) is 9.87. The number of methoxy groups -OCH3 is 1. The van der Waals surface area contributed by atoms with E-state index in [-0.39, 0.29) is 0 Å². The van der Waals surface area contributed by atoms with Crippen molar-refractivity contribution in [3.05, 3.63) is 24.0 Å². The fourth-order valence-electron chi connectivity index (χ4n) is 2.32. The van der Waals surface area contributed by atoms with E-state index in [0.29, 0.717) is 0 Å². The number of benzene rings is 1. The molecule has 2 aromatic rings. The summed E-state index contributed by atoms with van der Waals surface area (Å²) in [6, 6.07) is 5.84. The Bertz CT molecular complexity index is 533. The quantitative estimate of drug-likeness (QED) is 0.794. The van der Waals surface area contributed by atoms with Crippen LogP contribution in [0.4, 0.5) is 0 Å². The van der Waals surface area contributed by atoms with Gasteiger partial charge in [0.2, 0.25) is 0 Å². The van der Waals surface area contributed by atoms with Gasteiger partial charge in [-0.3, -0.25) is 0 Å². The van der Waals surface area contributed by atoms with Gasteiger partial charge in [-0.2, -0.15) is 0 Å². The summed E-state index contributed by atoms with van der Waals surface area (Å²) in [5.41, 5.74) is 1.98. The number of aliphatic hydroxyl groups is 1. The second-order valence-corrected chi connectivity index (χ2v) is 4.13. The lowest BCUT2D eigenvalue weighted by Crippen LogP contribution is -2.15. The molecule has 1 unspecified atom stereocenters. The van der Waals surface area contributed by atoms with Gasteiger partial charge in [-0.25, -0.2) is 4.98 Å². The normalized spacial score (nSPS) is 19.8. The highest BCUT2D eigenvalue weighted by molar-refractivity contribution is 5.78. The number of aromatic nitrogens is 2. The smallest absolute Gasteiger partial charge is 0.138 e. The first-order valence-corrected chi connectivity index (χ1v) is 5.52. The number of nitrogens with zero attached hydrogens (tertiary/aromatic N) is 2. The molecule has 4 heteroatoms. The van der Waals surface area contributed by atoms with Crippen molar-refractivity contribution in [2.24, 2.45) is 0 Å². The molecule has 0 amide bonds. The Morgan fingerprint density at radius 3 is 3.19 bits per heavy atom. The molecular weight excluding hydrogens is 204 g/mol. The van der Waals surface area contributed by atoms with E-state index in [9.17, 15) is 5.11 Å². The number of hydrogen-bond acceptors (Lipinski definition) is 3. The lowest BCUT2D eigenvalue weighted by molar-refractivity contribution is 0.135. The first-order chi connectivity index (χ1) is 7.79. The van der Waals surface area contributed by atoms with E-state index in [1.165, 1.54) is 0 Å². The number of fused-ring (bicyclic) bond motifs is 3. The molecule has 0 radical (unpaired) electrons. The maximum atomic E-state index is 9.87. The lowest BCUT2D eigenvalue weighted by Gasteiger charge is -2.19. The minimum atomic E-state index is -0.424. The van der Waals surface area contributed by atoms with Gasteiger partial charge in [-0.15, -0.1) is 0 Å². The molecule has 0 spiro atoms. The first-order valence-electron chi connectivity index (χ1n) is 5.52. The molecular formula is C12H14N2O2. The van der Waals surface area contributed by atoms with Crippen molar-refractivity contribution in [2.75, 3.05) is 7.11 Å². The van der Waals surface area contributed by atoms with Crippen molar-refractivity contribution in [3.8, 4) is 5.75 Å². The van der Waals surface area contributed by atoms with Gasteiger partial charge >= 0.3 is 0 Å². The average Bonchev–Trinajstić information content (AvgIpc) is 2.68. The van der Waals surface area contributed by atoms with Gasteiger partial charge in [-0.05, 0) is 25.0 Å². The second kappa shape index (κ2) is 3.49. The Labute approximate surface area is 93.5 Å². The highest BCUT2D eigenvalue weighted by atomic mass is 16.5. The summed E-state index contributed by atoms with van der Waals surface area (Å²) >= 11 is 0. The Morgan fingerprint density at radius 2 is 2.38 bits per heavy atom. The van der Waals surface area contributed by atoms with Gasteiger partial charge in [0.15, 0.2) is 0 Å². The zero-order valence-corrected chi connectivity index (χ0v) is 9.18. The van der Waals surface area contributed by atoms with E-state index in [1.807, 2.05) is 18.2 Å². The van der Waals surface area contributed by atoms with E-state index >= 15 is 0 Å². The molecule has 1 aromatic carbocycles. The molecule has 1 atom stereocenters. The molecule has 0 saturated heterocycles. The van der Waals surface area contributed by atoms with Crippen LogP contribution in [0.3, 0.4) is 0 Å². The minimum Gasteiger partial charge on any atom is -0.497 e. The van der Waals surface area contributed by atoms with Crippen LogP contribution in [0, 0.1) is 0 Å². The van der Waals surface area contributed by atoms with Crippen LogP contribution < -0.4 is 4.74 Å². The highest BCUT2D eigenvalue weighted by Crippen LogP contribution is 2.30. The number of aliphatic hydroxyl groups excluding tert-OH is 1. The Morgan fingerprint density at radius 1 is 1.50 bits per heavy atom. The van der Waals surface area contributed by atoms with Crippen molar-refractivity contribution < 1.29 is 9.84 Å². The zero-order chi connectivity index (χ0) is 11.1. The van der Waals surface area contributed by atoms with Gasteiger partial charge in [0, 0.05) is 12.6 Å². The maximum Gasteiger partial charge on any atom is 0.138 e. The van der Waals surface area contributed by atoms with Gasteiger partial charge in [-0.1, -0.05) is 0 Å². The van der Waals surface area contributed by atoms with Crippen LogP contribution in [0.1, 0.15) is 24.8 Å². The maximum absolute atomic E-state index is 9.87. The summed E-state index contributed by atoms with van der Waals surface area (Å²) in [5.74, 6) is 1.59. The Balaban J connectivity index is 2.23. The van der Waals surface area contributed by atoms with Gasteiger partial charge < -0.3 is 14.4 Å². The fraction of sp³-hybridized carbons (Fsp3) is 0.417. The molecule has 84 valence electrons. The van der Waals surface area contributed by atoms with E-state index in [4.69, 9.17) is 4.74 Å². The molecule has 1 aliphatic rings. The molecule has 0 bridgehead atoms. The number of imidazole rings is 1. The van der Waals surface area contributed by atoms with E-state index < -0.39 is 6.10 Å². The van der Waals surface area contributed by atoms with Crippen molar-refractivity contribution >= 4 is 11.0 Å². The van der Waals surface area contributed by atoms with Crippen LogP contribution in [0.25, 0.3) is 11.0 Å². The van der Waals surface area contributed by atoms with Crippen molar-refractivity contribution in [3.63, 3.8) is 0 Å². The van der Waals surface area contributed by atoms with E-state index in [2.05, 4.69) is 9.55 Å². The third-order valence-corrected chi connectivity index (χ3v) is 3.14. The summed E-state index contributed by atoms with van der Waals surface area (Å²) < 4.78 is 7.27. The molecule has 16 heavy (non-hydrogen) atoms. The SMILES string of the molecule is COc1ccc2c(c1)nc1n2CCCC1O. The topological polar surface area (TPSA) is 47.3 Å². The molecule has 1 N–H and O–H groups in total. The summed E-state index contributed by atoms with van der Waals surface area (Å²) in [6.07, 6.45) is 1.39.